The molecule has 0 bridgehead atoms. The van der Waals surface area contributed by atoms with E-state index in [9.17, 15) is 19.5 Å². The number of methoxy groups -OCH3 is 3. The number of aromatic hydroxyl groups is 1. The quantitative estimate of drug-likeness (QED) is 0.0782. The number of nitrogens with zero attached hydrogens (tertiary/aromatic N) is 1. The van der Waals surface area contributed by atoms with Crippen molar-refractivity contribution in [2.24, 2.45) is 0 Å². The van der Waals surface area contributed by atoms with Gasteiger partial charge in [-0.25, -0.2) is 4.98 Å². The Hall–Kier alpha value is -5.79. The van der Waals surface area contributed by atoms with Crippen LogP contribution in [-0.2, 0) is 9.59 Å². The summed E-state index contributed by atoms with van der Waals surface area (Å²) in [7, 11) is 4.57. The van der Waals surface area contributed by atoms with Gasteiger partial charge in [-0.1, -0.05) is 24.3 Å². The Kier molecular flexibility index (Phi) is 11.5. The Balaban J connectivity index is 1.24. The zero-order valence-electron chi connectivity index (χ0n) is 26.7. The molecule has 0 radical (unpaired) electrons. The molecule has 5 aromatic rings. The third kappa shape index (κ3) is 9.18. The number of carbonyl (C=O) groups excluding carboxylic acids is 3. The molecule has 49 heavy (non-hydrogen) atoms. The van der Waals surface area contributed by atoms with Gasteiger partial charge < -0.3 is 35.3 Å². The Labute approximate surface area is 291 Å². The summed E-state index contributed by atoms with van der Waals surface area (Å²) in [5.74, 6) is 0.269. The fraction of sp³-hybridized carbons (Fsp3) is 0.111. The predicted octanol–water partition coefficient (Wildman–Crippen LogP) is 6.68. The lowest BCUT2D eigenvalue weighted by atomic mass is 10.1. The molecular weight excluding hydrogens is 665 g/mol. The lowest BCUT2D eigenvalue weighted by Gasteiger charge is -2.13. The largest absolute Gasteiger partial charge is 0.508 e. The summed E-state index contributed by atoms with van der Waals surface area (Å²) in [4.78, 5) is 44.6. The van der Waals surface area contributed by atoms with Crippen LogP contribution in [0, 0.1) is 0 Å². The van der Waals surface area contributed by atoms with Gasteiger partial charge in [-0.15, -0.1) is 23.1 Å². The van der Waals surface area contributed by atoms with Crippen molar-refractivity contribution in [3.8, 4) is 34.3 Å². The van der Waals surface area contributed by atoms with Crippen molar-refractivity contribution in [3.05, 3.63) is 113 Å². The van der Waals surface area contributed by atoms with E-state index in [1.165, 1.54) is 48.4 Å². The maximum Gasteiger partial charge on any atom is 0.272 e. The molecule has 0 atom stereocenters. The number of nitrogens with one attached hydrogen (secondary N) is 3. The second-order valence-electron chi connectivity index (χ2n) is 10.2. The van der Waals surface area contributed by atoms with Crippen LogP contribution in [-0.4, -0.2) is 54.9 Å². The van der Waals surface area contributed by atoms with E-state index in [2.05, 4.69) is 20.9 Å². The number of carbonyl (C=O) groups is 3. The summed E-state index contributed by atoms with van der Waals surface area (Å²) in [6, 6.07) is 25.4. The van der Waals surface area contributed by atoms with Gasteiger partial charge in [0.25, 0.3) is 11.8 Å². The van der Waals surface area contributed by atoms with Crippen LogP contribution in [0.15, 0.2) is 107 Å². The summed E-state index contributed by atoms with van der Waals surface area (Å²) in [5, 5.41) is 20.5. The standard InChI is InChI=1S/C36H32N4O7S2/c1-45-30-15-13-23(17-32(30)47-3)29-20-49-36(39-29)40-33(42)21-48-27-11-7-10-25(18-27)37-35(44)28(38-34(43)22-8-5-4-6-9-22)16-24-12-14-26(41)19-31(24)46-2/h4-20,41H,21H2,1-3H3,(H,37,44)(H,38,43)(H,39,40,42)/b28-16+. The molecule has 13 heteroatoms. The second-order valence-corrected chi connectivity index (χ2v) is 12.1. The van der Waals surface area contributed by atoms with Gasteiger partial charge in [0.05, 0.1) is 32.8 Å². The van der Waals surface area contributed by atoms with Gasteiger partial charge in [-0.2, -0.15) is 0 Å². The number of phenols is 1. The Bertz CT molecular complexity index is 2000. The summed E-state index contributed by atoms with van der Waals surface area (Å²) < 4.78 is 16.0. The Morgan fingerprint density at radius 3 is 2.37 bits per heavy atom. The molecule has 0 spiro atoms. The fourth-order valence-electron chi connectivity index (χ4n) is 4.54. The van der Waals surface area contributed by atoms with Crippen molar-refractivity contribution < 1.29 is 33.7 Å². The molecule has 3 amide bonds. The van der Waals surface area contributed by atoms with Gasteiger partial charge in [0.2, 0.25) is 5.91 Å². The van der Waals surface area contributed by atoms with Crippen LogP contribution in [0.4, 0.5) is 10.8 Å². The number of rotatable bonds is 13. The van der Waals surface area contributed by atoms with E-state index < -0.39 is 11.8 Å². The smallest absolute Gasteiger partial charge is 0.272 e. The highest BCUT2D eigenvalue weighted by Gasteiger charge is 2.17. The number of amides is 3. The second kappa shape index (κ2) is 16.4. The van der Waals surface area contributed by atoms with Crippen molar-refractivity contribution in [1.29, 1.82) is 0 Å². The number of benzene rings is 4. The minimum Gasteiger partial charge on any atom is -0.508 e. The average Bonchev–Trinajstić information content (AvgIpc) is 3.59. The van der Waals surface area contributed by atoms with E-state index >= 15 is 0 Å². The summed E-state index contributed by atoms with van der Waals surface area (Å²) in [6.45, 7) is 0. The maximum absolute atomic E-state index is 13.5. The molecule has 0 saturated carbocycles. The van der Waals surface area contributed by atoms with Crippen LogP contribution in [0.3, 0.4) is 0 Å². The molecule has 11 nitrogen and oxygen atoms in total. The van der Waals surface area contributed by atoms with E-state index in [0.29, 0.717) is 44.9 Å². The lowest BCUT2D eigenvalue weighted by molar-refractivity contribution is -0.114. The van der Waals surface area contributed by atoms with Gasteiger partial charge in [0, 0.05) is 38.7 Å². The summed E-state index contributed by atoms with van der Waals surface area (Å²) in [5.41, 5.74) is 2.74. The first kappa shape index (κ1) is 34.5. The minimum atomic E-state index is -0.589. The molecule has 0 fully saturated rings. The van der Waals surface area contributed by atoms with Crippen LogP contribution < -0.4 is 30.2 Å². The number of thiazole rings is 1. The van der Waals surface area contributed by atoms with E-state index in [1.807, 2.05) is 23.6 Å². The molecule has 0 aliphatic carbocycles. The van der Waals surface area contributed by atoms with Gasteiger partial charge in [-0.05, 0) is 66.7 Å². The van der Waals surface area contributed by atoms with Crippen LogP contribution in [0.5, 0.6) is 23.0 Å². The third-order valence-corrected chi connectivity index (χ3v) is 8.69. The number of hydrogen-bond donors (Lipinski definition) is 4. The van der Waals surface area contributed by atoms with Crippen molar-refractivity contribution in [2.45, 2.75) is 4.90 Å². The molecular formula is C36H32N4O7S2. The molecule has 1 aromatic heterocycles. The van der Waals surface area contributed by atoms with Crippen LogP contribution in [0.2, 0.25) is 0 Å². The molecule has 0 aliphatic heterocycles. The van der Waals surface area contributed by atoms with Crippen LogP contribution in [0.25, 0.3) is 17.3 Å². The Morgan fingerprint density at radius 2 is 1.61 bits per heavy atom. The first-order valence-corrected chi connectivity index (χ1v) is 16.6. The van der Waals surface area contributed by atoms with Gasteiger partial charge in [0.1, 0.15) is 17.2 Å². The normalized spacial score (nSPS) is 11.0. The highest BCUT2D eigenvalue weighted by Crippen LogP contribution is 2.34. The topological polar surface area (TPSA) is 148 Å². The van der Waals surface area contributed by atoms with Crippen molar-refractivity contribution >= 4 is 57.7 Å². The van der Waals surface area contributed by atoms with Gasteiger partial charge in [0.15, 0.2) is 16.6 Å². The fourth-order valence-corrected chi connectivity index (χ4v) is 6.03. The lowest BCUT2D eigenvalue weighted by Crippen LogP contribution is -2.30. The molecule has 4 N–H and O–H groups in total. The zero-order valence-corrected chi connectivity index (χ0v) is 28.3. The number of hydrogen-bond acceptors (Lipinski definition) is 10. The first-order chi connectivity index (χ1) is 23.8. The highest BCUT2D eigenvalue weighted by molar-refractivity contribution is 8.00. The molecule has 4 aromatic carbocycles. The van der Waals surface area contributed by atoms with Crippen molar-refractivity contribution in [2.75, 3.05) is 37.7 Å². The van der Waals surface area contributed by atoms with E-state index in [-0.39, 0.29) is 23.1 Å². The number of ether oxygens (including phenoxy) is 3. The number of anilines is 2. The molecule has 250 valence electrons. The zero-order chi connectivity index (χ0) is 34.8. The molecule has 0 unspecified atom stereocenters. The predicted molar refractivity (Wildman–Crippen MR) is 192 cm³/mol. The number of phenolic OH excluding ortho intramolecular Hbond substituents is 1. The number of thioether (sulfide) groups is 1. The van der Waals surface area contributed by atoms with E-state index in [4.69, 9.17) is 14.2 Å². The molecule has 5 rings (SSSR count). The summed E-state index contributed by atoms with van der Waals surface area (Å²) in [6.07, 6.45) is 1.46. The SMILES string of the molecule is COc1cc(O)ccc1/C=C(/NC(=O)c1ccccc1)C(=O)Nc1cccc(SCC(=O)Nc2nc(-c3ccc(OC)c(OC)c3)cs2)c1. The molecule has 0 aliphatic rings. The van der Waals surface area contributed by atoms with Crippen LogP contribution >= 0.6 is 23.1 Å². The number of aromatic nitrogens is 1. The minimum absolute atomic E-state index is 0.0117. The Morgan fingerprint density at radius 1 is 0.837 bits per heavy atom. The first-order valence-electron chi connectivity index (χ1n) is 14.7. The van der Waals surface area contributed by atoms with Crippen molar-refractivity contribution in [1.82, 2.24) is 10.3 Å². The third-order valence-electron chi connectivity index (χ3n) is 6.94. The highest BCUT2D eigenvalue weighted by atomic mass is 32.2. The van der Waals surface area contributed by atoms with E-state index in [0.717, 1.165) is 10.5 Å². The maximum atomic E-state index is 13.5. The molecule has 0 saturated heterocycles. The van der Waals surface area contributed by atoms with E-state index in [1.54, 1.807) is 74.9 Å². The monoisotopic (exact) mass is 696 g/mol. The molecule has 1 heterocycles. The van der Waals surface area contributed by atoms with Gasteiger partial charge >= 0.3 is 0 Å². The van der Waals surface area contributed by atoms with Crippen molar-refractivity contribution in [3.63, 3.8) is 0 Å². The summed E-state index contributed by atoms with van der Waals surface area (Å²) >= 11 is 2.59. The van der Waals surface area contributed by atoms with Crippen LogP contribution in [0.1, 0.15) is 15.9 Å². The van der Waals surface area contributed by atoms with Gasteiger partial charge in [-0.3, -0.25) is 14.4 Å². The average molecular weight is 697 g/mol.